The number of pyridine rings is 1. The van der Waals surface area contributed by atoms with E-state index in [1.54, 1.807) is 12.1 Å². The van der Waals surface area contributed by atoms with E-state index in [9.17, 15) is 13.2 Å². The highest BCUT2D eigenvalue weighted by Crippen LogP contribution is 2.49. The number of halogens is 3. The van der Waals surface area contributed by atoms with Crippen LogP contribution in [0.5, 0.6) is 0 Å². The Hall–Kier alpha value is -2.66. The first-order chi connectivity index (χ1) is 15.3. The van der Waals surface area contributed by atoms with Crippen LogP contribution in [0.4, 0.5) is 13.2 Å². The Labute approximate surface area is 192 Å². The quantitative estimate of drug-likeness (QED) is 0.301. The fourth-order valence-electron chi connectivity index (χ4n) is 4.15. The molecule has 0 spiro atoms. The van der Waals surface area contributed by atoms with E-state index in [1.165, 1.54) is 6.07 Å². The molecule has 0 radical (unpaired) electrons. The van der Waals surface area contributed by atoms with Crippen molar-refractivity contribution >= 4 is 21.4 Å². The Bertz CT molecular complexity index is 1310. The summed E-state index contributed by atoms with van der Waals surface area (Å²) >= 11 is 1.10. The molecule has 0 unspecified atom stereocenters. The monoisotopic (exact) mass is 454 g/mol. The highest BCUT2D eigenvalue weighted by Gasteiger charge is 2.38. The van der Waals surface area contributed by atoms with Gasteiger partial charge in [-0.3, -0.25) is 4.98 Å². The van der Waals surface area contributed by atoms with Gasteiger partial charge in [0.25, 0.3) is 0 Å². The van der Waals surface area contributed by atoms with Gasteiger partial charge in [-0.25, -0.2) is 0 Å². The van der Waals surface area contributed by atoms with Crippen LogP contribution in [0.1, 0.15) is 44.4 Å². The molecule has 0 bridgehead atoms. The molecule has 0 aliphatic rings. The topological polar surface area (TPSA) is 12.9 Å². The molecule has 32 heavy (non-hydrogen) atoms. The van der Waals surface area contributed by atoms with E-state index in [1.807, 2.05) is 44.2 Å². The van der Waals surface area contributed by atoms with Gasteiger partial charge in [-0.05, 0) is 55.0 Å². The van der Waals surface area contributed by atoms with E-state index in [2.05, 4.69) is 25.8 Å². The molecule has 1 nitrogen and oxygen atoms in total. The van der Waals surface area contributed by atoms with Crippen molar-refractivity contribution in [3.8, 4) is 21.7 Å². The van der Waals surface area contributed by atoms with E-state index in [0.717, 1.165) is 40.0 Å². The Kier molecular flexibility index (Phi) is 5.32. The highest BCUT2D eigenvalue weighted by molar-refractivity contribution is 7.23. The molecule has 4 rings (SSSR count). The summed E-state index contributed by atoms with van der Waals surface area (Å²) < 4.78 is 51.5. The van der Waals surface area contributed by atoms with Crippen molar-refractivity contribution in [2.24, 2.45) is 5.41 Å². The molecule has 0 amide bonds. The second-order valence-electron chi connectivity index (χ2n) is 9.59. The SMILES string of the molecule is [2H]c1cc2c(C(F)(F)F)c(-c3ccc(CC(C)(C)C)cc3)sc2c(-c2cc(C)cc(C)c2)n1. The summed E-state index contributed by atoms with van der Waals surface area (Å²) in [5.41, 5.74) is 4.17. The summed E-state index contributed by atoms with van der Waals surface area (Å²) in [6, 6.07) is 14.4. The average molecular weight is 455 g/mol. The third kappa shape index (κ3) is 4.58. The molecule has 0 N–H and O–H groups in total. The lowest BCUT2D eigenvalue weighted by Crippen LogP contribution is -2.09. The number of thiophene rings is 1. The zero-order chi connectivity index (χ0) is 24.1. The van der Waals surface area contributed by atoms with Crippen LogP contribution in [0.3, 0.4) is 0 Å². The molecule has 0 saturated heterocycles. The normalized spacial score (nSPS) is 12.9. The number of rotatable bonds is 3. The zero-order valence-corrected chi connectivity index (χ0v) is 19.6. The van der Waals surface area contributed by atoms with Gasteiger partial charge in [-0.2, -0.15) is 13.2 Å². The summed E-state index contributed by atoms with van der Waals surface area (Å²) in [7, 11) is 0. The first kappa shape index (κ1) is 21.2. The van der Waals surface area contributed by atoms with Crippen LogP contribution in [-0.4, -0.2) is 4.98 Å². The molecular formula is C27H26F3NS. The highest BCUT2D eigenvalue weighted by atomic mass is 32.1. The lowest BCUT2D eigenvalue weighted by Gasteiger charge is -2.18. The number of nitrogens with zero attached hydrogens (tertiary/aromatic N) is 1. The summed E-state index contributed by atoms with van der Waals surface area (Å²) in [6.45, 7) is 10.3. The molecule has 5 heteroatoms. The van der Waals surface area contributed by atoms with Crippen molar-refractivity contribution in [3.05, 3.63) is 77.0 Å². The molecule has 0 aliphatic carbocycles. The summed E-state index contributed by atoms with van der Waals surface area (Å²) in [6.07, 6.45) is -3.88. The molecule has 2 aromatic heterocycles. The van der Waals surface area contributed by atoms with Crippen molar-refractivity contribution in [2.75, 3.05) is 0 Å². The first-order valence-corrected chi connectivity index (χ1v) is 11.3. The van der Waals surface area contributed by atoms with Crippen LogP contribution < -0.4 is 0 Å². The van der Waals surface area contributed by atoms with E-state index in [-0.39, 0.29) is 21.9 Å². The number of aryl methyl sites for hydroxylation is 2. The van der Waals surface area contributed by atoms with Crippen molar-refractivity contribution in [1.82, 2.24) is 4.98 Å². The summed E-state index contributed by atoms with van der Waals surface area (Å²) in [5, 5.41) is 0.0374. The van der Waals surface area contributed by atoms with Crippen LogP contribution in [0, 0.1) is 19.3 Å². The summed E-state index contributed by atoms with van der Waals surface area (Å²) in [4.78, 5) is 4.51. The van der Waals surface area contributed by atoms with Crippen molar-refractivity contribution in [3.63, 3.8) is 0 Å². The Morgan fingerprint density at radius 1 is 0.906 bits per heavy atom. The van der Waals surface area contributed by atoms with Gasteiger partial charge >= 0.3 is 6.18 Å². The number of hydrogen-bond donors (Lipinski definition) is 0. The molecule has 0 atom stereocenters. The first-order valence-electron chi connectivity index (χ1n) is 11.0. The molecule has 166 valence electrons. The summed E-state index contributed by atoms with van der Waals surface area (Å²) in [5.74, 6) is 0. The van der Waals surface area contributed by atoms with Crippen LogP contribution in [0.15, 0.2) is 54.7 Å². The van der Waals surface area contributed by atoms with E-state index in [4.69, 9.17) is 1.37 Å². The number of benzene rings is 2. The lowest BCUT2D eigenvalue weighted by atomic mass is 9.88. The minimum atomic E-state index is -4.55. The largest absolute Gasteiger partial charge is 0.418 e. The molecule has 0 saturated carbocycles. The number of alkyl halides is 3. The predicted molar refractivity (Wildman–Crippen MR) is 128 cm³/mol. The molecule has 4 aromatic rings. The standard InChI is InChI=1S/C27H26F3NS/c1-16-12-17(2)14-20(13-16)23-25-21(10-11-31-23)22(27(28,29)30)24(32-25)19-8-6-18(7-9-19)15-26(3,4)5/h6-14H,15H2,1-5H3/i11D. The fourth-order valence-corrected chi connectivity index (χ4v) is 5.46. The maximum absolute atomic E-state index is 14.3. The van der Waals surface area contributed by atoms with Crippen molar-refractivity contribution < 1.29 is 14.5 Å². The third-order valence-corrected chi connectivity index (χ3v) is 6.54. The van der Waals surface area contributed by atoms with E-state index in [0.29, 0.717) is 16.0 Å². The lowest BCUT2D eigenvalue weighted by molar-refractivity contribution is -0.135. The van der Waals surface area contributed by atoms with Gasteiger partial charge < -0.3 is 0 Å². The molecule has 2 aromatic carbocycles. The number of aromatic nitrogens is 1. The molecule has 0 fully saturated rings. The number of hydrogen-bond acceptors (Lipinski definition) is 2. The maximum Gasteiger partial charge on any atom is 0.418 e. The molecule has 2 heterocycles. The van der Waals surface area contributed by atoms with Gasteiger partial charge in [0, 0.05) is 22.0 Å². The number of fused-ring (bicyclic) bond motifs is 1. The Morgan fingerprint density at radius 2 is 1.53 bits per heavy atom. The van der Waals surface area contributed by atoms with Crippen LogP contribution in [0.25, 0.3) is 31.8 Å². The van der Waals surface area contributed by atoms with Gasteiger partial charge in [0.2, 0.25) is 0 Å². The van der Waals surface area contributed by atoms with Crippen LogP contribution in [0.2, 0.25) is 0 Å². The zero-order valence-electron chi connectivity index (χ0n) is 19.8. The van der Waals surface area contributed by atoms with Gasteiger partial charge in [0.05, 0.1) is 17.3 Å². The van der Waals surface area contributed by atoms with E-state index < -0.39 is 11.7 Å². The fraction of sp³-hybridized carbons (Fsp3) is 0.296. The minimum absolute atomic E-state index is 0.0374. The van der Waals surface area contributed by atoms with Crippen molar-refractivity contribution in [2.45, 2.75) is 47.2 Å². The maximum atomic E-state index is 14.3. The second-order valence-corrected chi connectivity index (χ2v) is 10.6. The molecule has 0 aliphatic heterocycles. The van der Waals surface area contributed by atoms with Crippen LogP contribution >= 0.6 is 11.3 Å². The van der Waals surface area contributed by atoms with Gasteiger partial charge in [-0.15, -0.1) is 11.3 Å². The average Bonchev–Trinajstić information content (AvgIpc) is 3.05. The second kappa shape index (κ2) is 8.04. The van der Waals surface area contributed by atoms with Gasteiger partial charge in [-0.1, -0.05) is 62.2 Å². The molecular weight excluding hydrogens is 427 g/mol. The van der Waals surface area contributed by atoms with Crippen molar-refractivity contribution in [1.29, 1.82) is 0 Å². The van der Waals surface area contributed by atoms with E-state index >= 15 is 0 Å². The van der Waals surface area contributed by atoms with Crippen LogP contribution in [-0.2, 0) is 12.6 Å². The Balaban J connectivity index is 1.96. The smallest absolute Gasteiger partial charge is 0.255 e. The predicted octanol–water partition coefficient (Wildman–Crippen LogP) is 8.85. The third-order valence-electron chi connectivity index (χ3n) is 5.27. The van der Waals surface area contributed by atoms with Gasteiger partial charge in [0.1, 0.15) is 0 Å². The van der Waals surface area contributed by atoms with Gasteiger partial charge in [0.15, 0.2) is 0 Å². The Morgan fingerprint density at radius 3 is 2.09 bits per heavy atom. The minimum Gasteiger partial charge on any atom is -0.255 e.